The fourth-order valence-corrected chi connectivity index (χ4v) is 5.02. The van der Waals surface area contributed by atoms with Crippen LogP contribution in [0.25, 0.3) is 0 Å². The molecule has 1 aromatic heterocycles. The highest BCUT2D eigenvalue weighted by Gasteiger charge is 2.14. The molecule has 0 aliphatic heterocycles. The number of aryl methyl sites for hydroxylation is 1. The van der Waals surface area contributed by atoms with Gasteiger partial charge in [-0.3, -0.25) is 5.32 Å². The number of aliphatic hydroxyl groups excluding tert-OH is 1. The largest absolute Gasteiger partial charge is 0.384 e. The Balaban J connectivity index is 1.72. The van der Waals surface area contributed by atoms with E-state index in [4.69, 9.17) is 0 Å². The van der Waals surface area contributed by atoms with Gasteiger partial charge in [-0.05, 0) is 55.3 Å². The average molecular weight is 469 g/mol. The molecule has 0 saturated heterocycles. The van der Waals surface area contributed by atoms with Crippen LogP contribution in [0.5, 0.6) is 0 Å². The minimum absolute atomic E-state index is 0.0537. The number of nitrogens with zero attached hydrogens (tertiary/aromatic N) is 2. The second-order valence-corrected chi connectivity index (χ2v) is 9.62. The summed E-state index contributed by atoms with van der Waals surface area (Å²) in [6.45, 7) is 3.61. The Morgan fingerprint density at radius 2 is 2.10 bits per heavy atom. The van der Waals surface area contributed by atoms with Crippen LogP contribution in [-0.4, -0.2) is 47.9 Å². The van der Waals surface area contributed by atoms with Crippen LogP contribution in [-0.2, 0) is 12.3 Å². The van der Waals surface area contributed by atoms with Gasteiger partial charge in [0.2, 0.25) is 0 Å². The van der Waals surface area contributed by atoms with Gasteiger partial charge in [0, 0.05) is 34.3 Å². The van der Waals surface area contributed by atoms with Gasteiger partial charge >= 0.3 is 5.82 Å². The Labute approximate surface area is 190 Å². The average Bonchev–Trinajstić information content (AvgIpc) is 3.05. The Hall–Kier alpha value is -2.14. The van der Waals surface area contributed by atoms with E-state index in [9.17, 15) is 19.6 Å². The predicted octanol–water partition coefficient (Wildman–Crippen LogP) is 3.48. The van der Waals surface area contributed by atoms with E-state index >= 15 is 0 Å². The van der Waals surface area contributed by atoms with Crippen LogP contribution >= 0.6 is 23.1 Å². The first-order valence-electron chi connectivity index (χ1n) is 9.82. The van der Waals surface area contributed by atoms with Crippen molar-refractivity contribution in [1.29, 1.82) is 0 Å². The van der Waals surface area contributed by atoms with Crippen LogP contribution in [0, 0.1) is 22.9 Å². The maximum atomic E-state index is 13.0. The van der Waals surface area contributed by atoms with Crippen molar-refractivity contribution in [2.75, 3.05) is 32.9 Å². The Morgan fingerprint density at radius 3 is 2.74 bits per heavy atom. The topological polar surface area (TPSA) is 90.7 Å². The van der Waals surface area contributed by atoms with Crippen molar-refractivity contribution in [1.82, 2.24) is 15.5 Å². The Kier molecular flexibility index (Phi) is 10.3. The molecule has 1 unspecified atom stereocenters. The van der Waals surface area contributed by atoms with Crippen molar-refractivity contribution in [3.63, 3.8) is 0 Å². The van der Waals surface area contributed by atoms with E-state index < -0.39 is 16.8 Å². The second kappa shape index (κ2) is 12.7. The zero-order chi connectivity index (χ0) is 22.8. The molecule has 0 amide bonds. The Bertz CT molecular complexity index is 872. The van der Waals surface area contributed by atoms with Crippen molar-refractivity contribution < 1.29 is 14.4 Å². The molecule has 0 fully saturated rings. The third kappa shape index (κ3) is 8.86. The lowest BCUT2D eigenvalue weighted by Crippen LogP contribution is -2.27. The SMILES string of the molecule is Cc1cc(CSCCNC=C(NCC(O)c2ccc(F)cc2)[N+](=O)[O-])sc1CN(C)C. The van der Waals surface area contributed by atoms with Crippen molar-refractivity contribution >= 4 is 23.1 Å². The van der Waals surface area contributed by atoms with E-state index in [1.54, 1.807) is 11.8 Å². The summed E-state index contributed by atoms with van der Waals surface area (Å²) in [5, 5.41) is 26.9. The first kappa shape index (κ1) is 25.1. The summed E-state index contributed by atoms with van der Waals surface area (Å²) in [7, 11) is 4.12. The molecule has 3 N–H and O–H groups in total. The molecule has 170 valence electrons. The molecule has 0 aliphatic carbocycles. The highest BCUT2D eigenvalue weighted by atomic mass is 32.2. The summed E-state index contributed by atoms with van der Waals surface area (Å²) < 4.78 is 13.0. The molecule has 0 aliphatic rings. The predicted molar refractivity (Wildman–Crippen MR) is 125 cm³/mol. The standard InChI is InChI=1S/C21H29FN4O3S2/c1-15-10-18(31-20(15)13-25(2)3)14-30-9-8-23-12-21(26(28)29)24-11-19(27)16-4-6-17(22)7-5-16/h4-7,10,12,19,23-24,27H,8-9,11,13-14H2,1-3H3. The molecule has 1 heterocycles. The molecule has 0 saturated carbocycles. The van der Waals surface area contributed by atoms with Crippen LogP contribution in [0.3, 0.4) is 0 Å². The lowest BCUT2D eigenvalue weighted by molar-refractivity contribution is -0.432. The Morgan fingerprint density at radius 1 is 1.39 bits per heavy atom. The smallest absolute Gasteiger partial charge is 0.332 e. The van der Waals surface area contributed by atoms with Gasteiger partial charge in [-0.2, -0.15) is 11.8 Å². The van der Waals surface area contributed by atoms with Crippen molar-refractivity contribution in [3.8, 4) is 0 Å². The number of thiophene rings is 1. The van der Waals surface area contributed by atoms with E-state index in [-0.39, 0.29) is 12.4 Å². The zero-order valence-electron chi connectivity index (χ0n) is 17.9. The first-order valence-corrected chi connectivity index (χ1v) is 11.8. The molecule has 10 heteroatoms. The number of nitrogens with one attached hydrogen (secondary N) is 2. The van der Waals surface area contributed by atoms with Crippen molar-refractivity contribution in [2.45, 2.75) is 25.3 Å². The molecule has 7 nitrogen and oxygen atoms in total. The normalized spacial score (nSPS) is 12.8. The maximum Gasteiger partial charge on any atom is 0.332 e. The fraction of sp³-hybridized carbons (Fsp3) is 0.429. The monoisotopic (exact) mass is 468 g/mol. The number of benzene rings is 1. The molecule has 31 heavy (non-hydrogen) atoms. The van der Waals surface area contributed by atoms with Gasteiger partial charge in [-0.1, -0.05) is 12.1 Å². The molecule has 1 atom stereocenters. The van der Waals surface area contributed by atoms with Gasteiger partial charge in [-0.15, -0.1) is 11.3 Å². The van der Waals surface area contributed by atoms with Gasteiger partial charge in [0.1, 0.15) is 18.5 Å². The number of nitro groups is 1. The van der Waals surface area contributed by atoms with Crippen LogP contribution in [0.2, 0.25) is 0 Å². The summed E-state index contributed by atoms with van der Waals surface area (Å²) in [4.78, 5) is 15.5. The third-order valence-corrected chi connectivity index (χ3v) is 6.75. The molecular formula is C21H29FN4O3S2. The van der Waals surface area contributed by atoms with Crippen LogP contribution in [0.1, 0.15) is 27.0 Å². The van der Waals surface area contributed by atoms with E-state index in [1.165, 1.54) is 45.8 Å². The number of halogens is 1. The van der Waals surface area contributed by atoms with Gasteiger partial charge < -0.3 is 25.4 Å². The molecule has 2 rings (SSSR count). The molecule has 0 spiro atoms. The summed E-state index contributed by atoms with van der Waals surface area (Å²) >= 11 is 3.60. The number of thioether (sulfide) groups is 1. The molecular weight excluding hydrogens is 439 g/mol. The van der Waals surface area contributed by atoms with Crippen molar-refractivity contribution in [2.24, 2.45) is 0 Å². The van der Waals surface area contributed by atoms with E-state index in [0.29, 0.717) is 12.1 Å². The quantitative estimate of drug-likeness (QED) is 0.236. The number of rotatable bonds is 13. The summed E-state index contributed by atoms with van der Waals surface area (Å²) in [5.74, 6) is 1.09. The van der Waals surface area contributed by atoms with Crippen molar-refractivity contribution in [3.05, 3.63) is 79.2 Å². The van der Waals surface area contributed by atoms with E-state index in [2.05, 4.69) is 42.6 Å². The third-order valence-electron chi connectivity index (χ3n) is 4.33. The number of aliphatic hydroxyl groups is 1. The van der Waals surface area contributed by atoms with E-state index in [0.717, 1.165) is 18.1 Å². The lowest BCUT2D eigenvalue weighted by atomic mass is 10.1. The van der Waals surface area contributed by atoms with Crippen LogP contribution in [0.4, 0.5) is 4.39 Å². The zero-order valence-corrected chi connectivity index (χ0v) is 19.6. The van der Waals surface area contributed by atoms with Gasteiger partial charge in [0.05, 0.1) is 6.20 Å². The minimum Gasteiger partial charge on any atom is -0.384 e. The molecule has 1 aromatic carbocycles. The van der Waals surface area contributed by atoms with Gasteiger partial charge in [0.15, 0.2) is 0 Å². The van der Waals surface area contributed by atoms with Gasteiger partial charge in [-0.25, -0.2) is 4.39 Å². The number of hydrogen-bond acceptors (Lipinski definition) is 8. The minimum atomic E-state index is -0.980. The molecule has 0 radical (unpaired) electrons. The van der Waals surface area contributed by atoms with Crippen LogP contribution in [0.15, 0.2) is 42.4 Å². The maximum absolute atomic E-state index is 13.0. The first-order chi connectivity index (χ1) is 14.8. The van der Waals surface area contributed by atoms with E-state index in [1.807, 2.05) is 11.3 Å². The number of hydrogen-bond donors (Lipinski definition) is 3. The van der Waals surface area contributed by atoms with Gasteiger partial charge in [0.25, 0.3) is 0 Å². The molecule has 2 aromatic rings. The molecule has 0 bridgehead atoms. The fourth-order valence-electron chi connectivity index (χ4n) is 2.75. The van der Waals surface area contributed by atoms with Crippen LogP contribution < -0.4 is 10.6 Å². The highest BCUT2D eigenvalue weighted by molar-refractivity contribution is 7.98. The second-order valence-electron chi connectivity index (χ2n) is 7.30. The highest BCUT2D eigenvalue weighted by Crippen LogP contribution is 2.26. The summed E-state index contributed by atoms with van der Waals surface area (Å²) in [5.41, 5.74) is 1.80. The summed E-state index contributed by atoms with van der Waals surface area (Å²) in [6, 6.07) is 7.60. The summed E-state index contributed by atoms with van der Waals surface area (Å²) in [6.07, 6.45) is 0.328. The lowest BCUT2D eigenvalue weighted by Gasteiger charge is -2.10.